The SMILES string of the molecule is CCC(C)N1CCN(C(=O)c2ccc(OC(C)=O)cc2)CC1. The molecule has 0 aromatic heterocycles. The summed E-state index contributed by atoms with van der Waals surface area (Å²) in [4.78, 5) is 27.7. The first-order chi connectivity index (χ1) is 10.5. The summed E-state index contributed by atoms with van der Waals surface area (Å²) in [6.45, 7) is 9.14. The molecule has 1 aliphatic heterocycles. The number of benzene rings is 1. The van der Waals surface area contributed by atoms with Crippen LogP contribution in [0, 0.1) is 0 Å². The highest BCUT2D eigenvalue weighted by Gasteiger charge is 2.24. The molecule has 1 saturated heterocycles. The van der Waals surface area contributed by atoms with E-state index in [0.29, 0.717) is 17.4 Å². The molecule has 2 rings (SSSR count). The fourth-order valence-corrected chi connectivity index (χ4v) is 2.64. The van der Waals surface area contributed by atoms with Gasteiger partial charge in [0.1, 0.15) is 5.75 Å². The second-order valence-corrected chi connectivity index (χ2v) is 5.70. The van der Waals surface area contributed by atoms with Crippen LogP contribution < -0.4 is 4.74 Å². The van der Waals surface area contributed by atoms with Crippen molar-refractivity contribution in [1.29, 1.82) is 0 Å². The molecule has 1 aromatic carbocycles. The van der Waals surface area contributed by atoms with Crippen molar-refractivity contribution in [2.75, 3.05) is 26.2 Å². The maximum atomic E-state index is 12.5. The van der Waals surface area contributed by atoms with E-state index in [2.05, 4.69) is 18.7 Å². The number of ether oxygens (including phenoxy) is 1. The zero-order chi connectivity index (χ0) is 16.1. The van der Waals surface area contributed by atoms with Gasteiger partial charge in [-0.1, -0.05) is 6.92 Å². The first kappa shape index (κ1) is 16.5. The largest absolute Gasteiger partial charge is 0.427 e. The van der Waals surface area contributed by atoms with Crippen LogP contribution in [0.25, 0.3) is 0 Å². The van der Waals surface area contributed by atoms with E-state index in [0.717, 1.165) is 32.6 Å². The lowest BCUT2D eigenvalue weighted by Gasteiger charge is -2.37. The fraction of sp³-hybridized carbons (Fsp3) is 0.529. The molecule has 0 bridgehead atoms. The molecule has 0 aliphatic carbocycles. The zero-order valence-electron chi connectivity index (χ0n) is 13.5. The Kier molecular flexibility index (Phi) is 5.55. The van der Waals surface area contributed by atoms with Gasteiger partial charge in [-0.3, -0.25) is 14.5 Å². The molecule has 1 unspecified atom stereocenters. The van der Waals surface area contributed by atoms with E-state index >= 15 is 0 Å². The third-order valence-electron chi connectivity index (χ3n) is 4.18. The van der Waals surface area contributed by atoms with Crippen molar-refractivity contribution in [3.8, 4) is 5.75 Å². The predicted octanol–water partition coefficient (Wildman–Crippen LogP) is 2.17. The van der Waals surface area contributed by atoms with Crippen LogP contribution in [0.3, 0.4) is 0 Å². The van der Waals surface area contributed by atoms with Crippen molar-refractivity contribution >= 4 is 11.9 Å². The molecule has 0 radical (unpaired) electrons. The van der Waals surface area contributed by atoms with Crippen molar-refractivity contribution in [3.63, 3.8) is 0 Å². The van der Waals surface area contributed by atoms with E-state index in [4.69, 9.17) is 4.74 Å². The predicted molar refractivity (Wildman–Crippen MR) is 85.0 cm³/mol. The minimum Gasteiger partial charge on any atom is -0.427 e. The van der Waals surface area contributed by atoms with Gasteiger partial charge < -0.3 is 9.64 Å². The number of carbonyl (C=O) groups excluding carboxylic acids is 2. The van der Waals surface area contributed by atoms with Crippen LogP contribution in [0.4, 0.5) is 0 Å². The van der Waals surface area contributed by atoms with Gasteiger partial charge >= 0.3 is 5.97 Å². The molecule has 5 nitrogen and oxygen atoms in total. The van der Waals surface area contributed by atoms with Gasteiger partial charge in [0, 0.05) is 44.7 Å². The first-order valence-corrected chi connectivity index (χ1v) is 7.83. The molecule has 0 saturated carbocycles. The van der Waals surface area contributed by atoms with Crippen molar-refractivity contribution < 1.29 is 14.3 Å². The van der Waals surface area contributed by atoms with Crippen molar-refractivity contribution in [1.82, 2.24) is 9.80 Å². The van der Waals surface area contributed by atoms with Crippen LogP contribution in [0.15, 0.2) is 24.3 Å². The van der Waals surface area contributed by atoms with Crippen LogP contribution in [0.5, 0.6) is 5.75 Å². The molecule has 120 valence electrons. The summed E-state index contributed by atoms with van der Waals surface area (Å²) in [6.07, 6.45) is 1.13. The minimum absolute atomic E-state index is 0.0400. The van der Waals surface area contributed by atoms with E-state index in [1.807, 2.05) is 4.90 Å². The van der Waals surface area contributed by atoms with Crippen LogP contribution in [-0.4, -0.2) is 53.9 Å². The molecule has 1 amide bonds. The molecule has 0 spiro atoms. The molecule has 1 fully saturated rings. The topological polar surface area (TPSA) is 49.9 Å². The number of rotatable bonds is 4. The van der Waals surface area contributed by atoms with Gasteiger partial charge in [-0.15, -0.1) is 0 Å². The molecule has 0 N–H and O–H groups in total. The number of amides is 1. The summed E-state index contributed by atoms with van der Waals surface area (Å²) in [5.41, 5.74) is 0.632. The van der Waals surface area contributed by atoms with Crippen molar-refractivity contribution in [2.24, 2.45) is 0 Å². The number of hydrogen-bond donors (Lipinski definition) is 0. The lowest BCUT2D eigenvalue weighted by atomic mass is 10.1. The Morgan fingerprint density at radius 3 is 2.23 bits per heavy atom. The summed E-state index contributed by atoms with van der Waals surface area (Å²) >= 11 is 0. The Hall–Kier alpha value is -1.88. The molecule has 22 heavy (non-hydrogen) atoms. The number of piperazine rings is 1. The standard InChI is InChI=1S/C17H24N2O3/c1-4-13(2)18-9-11-19(12-10-18)17(21)15-5-7-16(8-6-15)22-14(3)20/h5-8,13H,4,9-12H2,1-3H3. The van der Waals surface area contributed by atoms with Gasteiger partial charge in [0.15, 0.2) is 0 Å². The van der Waals surface area contributed by atoms with E-state index in [1.165, 1.54) is 6.92 Å². The summed E-state index contributed by atoms with van der Waals surface area (Å²) in [6, 6.07) is 7.30. The maximum Gasteiger partial charge on any atom is 0.308 e. The van der Waals surface area contributed by atoms with Crippen molar-refractivity contribution in [3.05, 3.63) is 29.8 Å². The van der Waals surface area contributed by atoms with Crippen LogP contribution in [0.1, 0.15) is 37.6 Å². The van der Waals surface area contributed by atoms with E-state index in [-0.39, 0.29) is 11.9 Å². The second-order valence-electron chi connectivity index (χ2n) is 5.70. The van der Waals surface area contributed by atoms with E-state index < -0.39 is 0 Å². The lowest BCUT2D eigenvalue weighted by molar-refractivity contribution is -0.131. The highest BCUT2D eigenvalue weighted by molar-refractivity contribution is 5.94. The molecule has 1 aliphatic rings. The Morgan fingerprint density at radius 1 is 1.14 bits per heavy atom. The second kappa shape index (κ2) is 7.40. The maximum absolute atomic E-state index is 12.5. The lowest BCUT2D eigenvalue weighted by Crippen LogP contribution is -2.51. The quantitative estimate of drug-likeness (QED) is 0.632. The highest BCUT2D eigenvalue weighted by Crippen LogP contribution is 2.16. The highest BCUT2D eigenvalue weighted by atomic mass is 16.5. The van der Waals surface area contributed by atoms with Crippen LogP contribution in [0.2, 0.25) is 0 Å². The van der Waals surface area contributed by atoms with Gasteiger partial charge in [0.2, 0.25) is 0 Å². The fourth-order valence-electron chi connectivity index (χ4n) is 2.64. The smallest absolute Gasteiger partial charge is 0.308 e. The monoisotopic (exact) mass is 304 g/mol. The third kappa shape index (κ3) is 4.07. The first-order valence-electron chi connectivity index (χ1n) is 7.83. The minimum atomic E-state index is -0.361. The average molecular weight is 304 g/mol. The van der Waals surface area contributed by atoms with E-state index in [1.54, 1.807) is 24.3 Å². The molecule has 1 aromatic rings. The van der Waals surface area contributed by atoms with Gasteiger partial charge in [0.25, 0.3) is 5.91 Å². The van der Waals surface area contributed by atoms with E-state index in [9.17, 15) is 9.59 Å². The van der Waals surface area contributed by atoms with Crippen molar-refractivity contribution in [2.45, 2.75) is 33.2 Å². The average Bonchev–Trinajstić information content (AvgIpc) is 2.54. The number of esters is 1. The Morgan fingerprint density at radius 2 is 1.73 bits per heavy atom. The molecule has 1 heterocycles. The van der Waals surface area contributed by atoms with Crippen LogP contribution >= 0.6 is 0 Å². The summed E-state index contributed by atoms with van der Waals surface area (Å²) < 4.78 is 4.98. The number of carbonyl (C=O) groups is 2. The number of hydrogen-bond acceptors (Lipinski definition) is 4. The summed E-state index contributed by atoms with van der Waals surface area (Å²) in [5.74, 6) is 0.143. The normalized spacial score (nSPS) is 17.1. The molecular formula is C17H24N2O3. The zero-order valence-corrected chi connectivity index (χ0v) is 13.5. The third-order valence-corrected chi connectivity index (χ3v) is 4.18. The van der Waals surface area contributed by atoms with Gasteiger partial charge in [-0.05, 0) is 37.6 Å². The molecule has 1 atom stereocenters. The van der Waals surface area contributed by atoms with Gasteiger partial charge in [-0.2, -0.15) is 0 Å². The molecule has 5 heteroatoms. The number of nitrogens with zero attached hydrogens (tertiary/aromatic N) is 2. The van der Waals surface area contributed by atoms with Gasteiger partial charge in [0.05, 0.1) is 0 Å². The van der Waals surface area contributed by atoms with Crippen LogP contribution in [-0.2, 0) is 4.79 Å². The summed E-state index contributed by atoms with van der Waals surface area (Å²) in [5, 5.41) is 0. The Balaban J connectivity index is 1.93. The van der Waals surface area contributed by atoms with Gasteiger partial charge in [-0.25, -0.2) is 0 Å². The summed E-state index contributed by atoms with van der Waals surface area (Å²) in [7, 11) is 0. The Labute approximate surface area is 131 Å². The molecular weight excluding hydrogens is 280 g/mol. The Bertz CT molecular complexity index is 519.